The van der Waals surface area contributed by atoms with Crippen LogP contribution in [-0.2, 0) is 10.8 Å². The predicted molar refractivity (Wildman–Crippen MR) is 170 cm³/mol. The van der Waals surface area contributed by atoms with Crippen molar-refractivity contribution in [2.75, 3.05) is 4.90 Å². The number of hydrogen-bond acceptors (Lipinski definition) is 2. The molecule has 3 aromatic rings. The summed E-state index contributed by atoms with van der Waals surface area (Å²) in [6.45, 7) is 23.2. The highest BCUT2D eigenvalue weighted by molar-refractivity contribution is 5.77. The summed E-state index contributed by atoms with van der Waals surface area (Å²) in [7, 11) is 0. The summed E-state index contributed by atoms with van der Waals surface area (Å²) in [4.78, 5) is 2.32. The number of nitriles is 1. The van der Waals surface area contributed by atoms with E-state index in [1.807, 2.05) is 6.08 Å². The van der Waals surface area contributed by atoms with Crippen LogP contribution in [0.1, 0.15) is 98.8 Å². The van der Waals surface area contributed by atoms with E-state index in [1.54, 1.807) is 0 Å². The Morgan fingerprint density at radius 2 is 0.897 bits per heavy atom. The molecule has 0 fully saturated rings. The molecular weight excluding hydrogens is 472 g/mol. The summed E-state index contributed by atoms with van der Waals surface area (Å²) in [5, 5.41) is 8.91. The number of benzene rings is 3. The molecule has 0 heterocycles. The Morgan fingerprint density at radius 1 is 0.564 bits per heavy atom. The van der Waals surface area contributed by atoms with Crippen LogP contribution in [0, 0.1) is 22.2 Å². The van der Waals surface area contributed by atoms with Gasteiger partial charge in [-0.15, -0.1) is 0 Å². The number of allylic oxidation sites excluding steroid dienone is 1. The second-order valence-corrected chi connectivity index (χ2v) is 14.7. The second kappa shape index (κ2) is 11.4. The maximum Gasteiger partial charge on any atom is 0.0912 e. The van der Waals surface area contributed by atoms with Crippen LogP contribution in [0.15, 0.2) is 78.9 Å². The molecule has 0 aliphatic carbocycles. The third kappa shape index (κ3) is 8.34. The Labute approximate surface area is 238 Å². The van der Waals surface area contributed by atoms with Gasteiger partial charge >= 0.3 is 0 Å². The number of nitrogens with zero attached hydrogens (tertiary/aromatic N) is 2. The van der Waals surface area contributed by atoms with Crippen LogP contribution in [0.5, 0.6) is 0 Å². The standard InChI is InChI=1S/C37H48N2/c1-34(2,3)26-36(7,8)29-15-21-32(22-16-29)39(31-19-13-28(14-20-31)12-11-25-38)33-23-17-30(18-24-33)37(9,10)27-35(4,5)6/h11-24H,26-27H2,1-10H3/b12-11+. The lowest BCUT2D eigenvalue weighted by molar-refractivity contribution is 0.283. The first-order valence-corrected chi connectivity index (χ1v) is 14.2. The molecule has 3 rings (SSSR count). The Balaban J connectivity index is 2.03. The summed E-state index contributed by atoms with van der Waals surface area (Å²) in [6.07, 6.45) is 5.59. The van der Waals surface area contributed by atoms with Gasteiger partial charge < -0.3 is 4.90 Å². The molecule has 3 aromatic carbocycles. The van der Waals surface area contributed by atoms with E-state index in [2.05, 4.69) is 153 Å². The summed E-state index contributed by atoms with van der Waals surface area (Å²) < 4.78 is 0. The SMILES string of the molecule is CC(C)(C)CC(C)(C)c1ccc(N(c2ccc(/C=C/C#N)cc2)c2ccc(C(C)(C)CC(C)(C)C)cc2)cc1. The third-order valence-corrected chi connectivity index (χ3v) is 7.26. The molecule has 2 nitrogen and oxygen atoms in total. The van der Waals surface area contributed by atoms with Gasteiger partial charge in [0.25, 0.3) is 0 Å². The second-order valence-electron chi connectivity index (χ2n) is 14.7. The topological polar surface area (TPSA) is 27.0 Å². The van der Waals surface area contributed by atoms with Gasteiger partial charge in [-0.1, -0.05) is 106 Å². The van der Waals surface area contributed by atoms with E-state index in [0.717, 1.165) is 35.5 Å². The van der Waals surface area contributed by atoms with Crippen LogP contribution in [-0.4, -0.2) is 0 Å². The zero-order valence-electron chi connectivity index (χ0n) is 25.9. The van der Waals surface area contributed by atoms with Crippen LogP contribution in [0.2, 0.25) is 0 Å². The summed E-state index contributed by atoms with van der Waals surface area (Å²) in [5.74, 6) is 0. The van der Waals surface area contributed by atoms with Crippen LogP contribution in [0.4, 0.5) is 17.1 Å². The molecule has 0 amide bonds. The van der Waals surface area contributed by atoms with Crippen molar-refractivity contribution in [3.05, 3.63) is 95.6 Å². The molecule has 0 spiro atoms. The number of hydrogen-bond donors (Lipinski definition) is 0. The van der Waals surface area contributed by atoms with Gasteiger partial charge in [-0.05, 0) is 93.7 Å². The quantitative estimate of drug-likeness (QED) is 0.276. The molecule has 0 atom stereocenters. The van der Waals surface area contributed by atoms with Crippen molar-refractivity contribution in [3.63, 3.8) is 0 Å². The molecule has 0 bridgehead atoms. The Bertz CT molecular complexity index is 1210. The van der Waals surface area contributed by atoms with Crippen LogP contribution in [0.3, 0.4) is 0 Å². The van der Waals surface area contributed by atoms with Gasteiger partial charge in [0.15, 0.2) is 0 Å². The van der Waals surface area contributed by atoms with Gasteiger partial charge in [0, 0.05) is 23.1 Å². The van der Waals surface area contributed by atoms with Gasteiger partial charge in [0.1, 0.15) is 0 Å². The molecule has 0 aliphatic heterocycles. The highest BCUT2D eigenvalue weighted by Gasteiger charge is 2.29. The van der Waals surface area contributed by atoms with Crippen molar-refractivity contribution >= 4 is 23.1 Å². The largest absolute Gasteiger partial charge is 0.311 e. The monoisotopic (exact) mass is 520 g/mol. The predicted octanol–water partition coefficient (Wildman–Crippen LogP) is 11.1. The van der Waals surface area contributed by atoms with E-state index >= 15 is 0 Å². The Hall–Kier alpha value is -3.31. The zero-order chi connectivity index (χ0) is 29.1. The van der Waals surface area contributed by atoms with Gasteiger partial charge in [-0.2, -0.15) is 5.26 Å². The highest BCUT2D eigenvalue weighted by Crippen LogP contribution is 2.41. The third-order valence-electron chi connectivity index (χ3n) is 7.26. The fourth-order valence-electron chi connectivity index (χ4n) is 6.29. The van der Waals surface area contributed by atoms with E-state index in [1.165, 1.54) is 17.2 Å². The minimum absolute atomic E-state index is 0.0939. The van der Waals surface area contributed by atoms with Crippen molar-refractivity contribution in [1.29, 1.82) is 5.26 Å². The average molecular weight is 521 g/mol. The number of anilines is 3. The molecule has 39 heavy (non-hydrogen) atoms. The molecule has 0 radical (unpaired) electrons. The number of rotatable bonds is 8. The van der Waals surface area contributed by atoms with E-state index in [-0.39, 0.29) is 21.7 Å². The van der Waals surface area contributed by atoms with Gasteiger partial charge in [-0.3, -0.25) is 0 Å². The van der Waals surface area contributed by atoms with Crippen LogP contribution >= 0.6 is 0 Å². The Kier molecular flexibility index (Phi) is 8.86. The smallest absolute Gasteiger partial charge is 0.0912 e. The minimum Gasteiger partial charge on any atom is -0.311 e. The zero-order valence-corrected chi connectivity index (χ0v) is 25.9. The van der Waals surface area contributed by atoms with Gasteiger partial charge in [0.05, 0.1) is 6.07 Å². The lowest BCUT2D eigenvalue weighted by atomic mass is 9.72. The lowest BCUT2D eigenvalue weighted by Gasteiger charge is -2.34. The maximum atomic E-state index is 8.91. The van der Waals surface area contributed by atoms with Crippen molar-refractivity contribution in [2.24, 2.45) is 10.8 Å². The van der Waals surface area contributed by atoms with Crippen LogP contribution in [0.25, 0.3) is 6.08 Å². The summed E-state index contributed by atoms with van der Waals surface area (Å²) in [6, 6.07) is 28.6. The maximum absolute atomic E-state index is 8.91. The lowest BCUT2D eigenvalue weighted by Crippen LogP contribution is -2.25. The first-order valence-electron chi connectivity index (χ1n) is 14.2. The molecule has 0 aromatic heterocycles. The molecule has 0 saturated heterocycles. The Morgan fingerprint density at radius 3 is 1.21 bits per heavy atom. The van der Waals surface area contributed by atoms with Crippen molar-refractivity contribution in [2.45, 2.75) is 92.9 Å². The summed E-state index contributed by atoms with van der Waals surface area (Å²) >= 11 is 0. The van der Waals surface area contributed by atoms with E-state index in [0.29, 0.717) is 0 Å². The minimum atomic E-state index is 0.0939. The first-order chi connectivity index (χ1) is 18.0. The molecule has 0 aliphatic rings. The van der Waals surface area contributed by atoms with Gasteiger partial charge in [-0.25, -0.2) is 0 Å². The molecular formula is C37H48N2. The van der Waals surface area contributed by atoms with E-state index in [4.69, 9.17) is 5.26 Å². The van der Waals surface area contributed by atoms with Crippen molar-refractivity contribution in [1.82, 2.24) is 0 Å². The average Bonchev–Trinajstić information content (AvgIpc) is 2.81. The van der Waals surface area contributed by atoms with Gasteiger partial charge in [0.2, 0.25) is 0 Å². The van der Waals surface area contributed by atoms with E-state index in [9.17, 15) is 0 Å². The summed E-state index contributed by atoms with van der Waals surface area (Å²) in [5.41, 5.74) is 7.80. The van der Waals surface area contributed by atoms with Crippen molar-refractivity contribution < 1.29 is 0 Å². The first kappa shape index (κ1) is 30.2. The molecule has 0 saturated carbocycles. The molecule has 0 unspecified atom stereocenters. The fourth-order valence-corrected chi connectivity index (χ4v) is 6.29. The molecule has 2 heteroatoms. The van der Waals surface area contributed by atoms with E-state index < -0.39 is 0 Å². The fraction of sp³-hybridized carbons (Fsp3) is 0.432. The highest BCUT2D eigenvalue weighted by atomic mass is 15.1. The molecule has 0 N–H and O–H groups in total. The molecule has 206 valence electrons. The normalized spacial score (nSPS) is 12.9. The van der Waals surface area contributed by atoms with Crippen molar-refractivity contribution in [3.8, 4) is 6.07 Å². The van der Waals surface area contributed by atoms with Crippen LogP contribution < -0.4 is 4.90 Å².